The van der Waals surface area contributed by atoms with Crippen LogP contribution in [0.15, 0.2) is 36.4 Å². The summed E-state index contributed by atoms with van der Waals surface area (Å²) in [6, 6.07) is 14.5. The fourth-order valence-corrected chi connectivity index (χ4v) is 6.31. The van der Waals surface area contributed by atoms with E-state index in [1.165, 1.54) is 0 Å². The van der Waals surface area contributed by atoms with Crippen LogP contribution in [0.1, 0.15) is 39.9 Å². The molecule has 6 rings (SSSR count). The number of nitriles is 1. The standard InChI is InChI=1S/C30H35N7O2/c1-35-13-4-7-21(35)19-39-30-24(17-31)25-18-37(14-10-22(25)29(34-30)36-15-11-33-12-16-36)26-9-3-6-20-5-2-8-23(27(20)26)28(32)38/h2-3,5-6,8-9,21,33H,4,7,10-16,18-19H2,1H3,(H2,32,38)/t21-/m0/s1. The zero-order valence-electron chi connectivity index (χ0n) is 22.4. The number of nitrogens with zero attached hydrogens (tertiary/aromatic N) is 5. The first-order valence-electron chi connectivity index (χ1n) is 13.9. The summed E-state index contributed by atoms with van der Waals surface area (Å²) in [5, 5.41) is 15.6. The monoisotopic (exact) mass is 525 g/mol. The number of benzene rings is 2. The summed E-state index contributed by atoms with van der Waals surface area (Å²) in [4.78, 5) is 24.2. The van der Waals surface area contributed by atoms with Crippen LogP contribution in [0.2, 0.25) is 0 Å². The van der Waals surface area contributed by atoms with Crippen molar-refractivity contribution in [2.75, 3.05) is 62.7 Å². The molecule has 1 atom stereocenters. The van der Waals surface area contributed by atoms with E-state index in [2.05, 4.69) is 33.1 Å². The zero-order valence-corrected chi connectivity index (χ0v) is 22.4. The van der Waals surface area contributed by atoms with E-state index in [4.69, 9.17) is 15.5 Å². The molecule has 3 aliphatic heterocycles. The summed E-state index contributed by atoms with van der Waals surface area (Å²) < 4.78 is 6.34. The van der Waals surface area contributed by atoms with Gasteiger partial charge in [-0.1, -0.05) is 24.3 Å². The second kappa shape index (κ2) is 10.7. The topological polar surface area (TPSA) is 111 Å². The fraction of sp³-hybridized carbons (Fsp3) is 0.433. The van der Waals surface area contributed by atoms with E-state index >= 15 is 0 Å². The number of nitrogens with one attached hydrogen (secondary N) is 1. The number of pyridine rings is 1. The number of aromatic nitrogens is 1. The number of likely N-dealkylation sites (tertiary alicyclic amines) is 1. The van der Waals surface area contributed by atoms with Crippen LogP contribution in [0.5, 0.6) is 5.88 Å². The lowest BCUT2D eigenvalue weighted by Crippen LogP contribution is -2.45. The number of carbonyl (C=O) groups is 1. The van der Waals surface area contributed by atoms with E-state index in [0.29, 0.717) is 36.2 Å². The SMILES string of the molecule is CN1CCC[C@H]1COc1nc(N2CCNCC2)c2c(c1C#N)CN(c1cccc3cccc(C(N)=O)c13)CC2. The number of carbonyl (C=O) groups excluding carboxylic acids is 1. The third kappa shape index (κ3) is 4.75. The average molecular weight is 526 g/mol. The second-order valence-electron chi connectivity index (χ2n) is 10.7. The molecular formula is C30H35N7O2. The molecule has 1 amide bonds. The number of likely N-dealkylation sites (N-methyl/N-ethyl adjacent to an activating group) is 1. The maximum Gasteiger partial charge on any atom is 0.249 e. The molecule has 202 valence electrons. The number of piperazine rings is 1. The minimum atomic E-state index is -0.444. The van der Waals surface area contributed by atoms with Crippen molar-refractivity contribution < 1.29 is 9.53 Å². The van der Waals surface area contributed by atoms with E-state index in [9.17, 15) is 10.1 Å². The Hall–Kier alpha value is -3.87. The van der Waals surface area contributed by atoms with Gasteiger partial charge in [0, 0.05) is 73.1 Å². The van der Waals surface area contributed by atoms with E-state index in [0.717, 1.165) is 91.9 Å². The predicted molar refractivity (Wildman–Crippen MR) is 152 cm³/mol. The van der Waals surface area contributed by atoms with Crippen LogP contribution in [0.3, 0.4) is 0 Å². The highest BCUT2D eigenvalue weighted by Crippen LogP contribution is 2.39. The maximum absolute atomic E-state index is 12.3. The number of amides is 1. The molecule has 3 aliphatic rings. The van der Waals surface area contributed by atoms with Gasteiger partial charge in [-0.15, -0.1) is 0 Å². The van der Waals surface area contributed by atoms with Gasteiger partial charge in [-0.2, -0.15) is 10.2 Å². The molecule has 9 heteroatoms. The molecule has 0 saturated carbocycles. The molecule has 0 aliphatic carbocycles. The van der Waals surface area contributed by atoms with Crippen molar-refractivity contribution in [3.05, 3.63) is 58.7 Å². The summed E-state index contributed by atoms with van der Waals surface area (Å²) in [5.74, 6) is 0.930. The normalized spacial score (nSPS) is 19.6. The lowest BCUT2D eigenvalue weighted by atomic mass is 9.94. The molecule has 1 aromatic heterocycles. The predicted octanol–water partition coefficient (Wildman–Crippen LogP) is 2.65. The first-order chi connectivity index (χ1) is 19.0. The third-order valence-electron chi connectivity index (χ3n) is 8.44. The lowest BCUT2D eigenvalue weighted by molar-refractivity contribution is 0.100. The molecule has 9 nitrogen and oxygen atoms in total. The number of hydrogen-bond donors (Lipinski definition) is 2. The van der Waals surface area contributed by atoms with Crippen molar-refractivity contribution in [2.45, 2.75) is 31.8 Å². The van der Waals surface area contributed by atoms with Gasteiger partial charge in [0.1, 0.15) is 24.1 Å². The summed E-state index contributed by atoms with van der Waals surface area (Å²) in [6.45, 7) is 6.40. The minimum Gasteiger partial charge on any atom is -0.475 e. The highest BCUT2D eigenvalue weighted by molar-refractivity contribution is 6.11. The quantitative estimate of drug-likeness (QED) is 0.506. The number of anilines is 2. The Morgan fingerprint density at radius 1 is 1.13 bits per heavy atom. The molecule has 0 unspecified atom stereocenters. The molecule has 2 aromatic carbocycles. The van der Waals surface area contributed by atoms with Gasteiger partial charge >= 0.3 is 0 Å². The number of rotatable bonds is 6. The zero-order chi connectivity index (χ0) is 26.9. The van der Waals surface area contributed by atoms with Crippen molar-refractivity contribution in [1.82, 2.24) is 15.2 Å². The Labute approximate surface area is 229 Å². The molecule has 2 saturated heterocycles. The highest BCUT2D eigenvalue weighted by Gasteiger charge is 2.31. The summed E-state index contributed by atoms with van der Waals surface area (Å²) in [6.07, 6.45) is 2.99. The number of ether oxygens (including phenoxy) is 1. The lowest BCUT2D eigenvalue weighted by Gasteiger charge is -2.37. The molecule has 2 fully saturated rings. The van der Waals surface area contributed by atoms with Crippen molar-refractivity contribution in [2.24, 2.45) is 5.73 Å². The Bertz CT molecular complexity index is 1440. The number of nitrogens with two attached hydrogens (primary N) is 1. The van der Waals surface area contributed by atoms with Crippen LogP contribution in [-0.4, -0.2) is 74.8 Å². The fourth-order valence-electron chi connectivity index (χ4n) is 6.31. The van der Waals surface area contributed by atoms with E-state index in [-0.39, 0.29) is 0 Å². The smallest absolute Gasteiger partial charge is 0.249 e. The first-order valence-corrected chi connectivity index (χ1v) is 13.9. The first kappa shape index (κ1) is 25.4. The van der Waals surface area contributed by atoms with Gasteiger partial charge in [-0.05, 0) is 50.4 Å². The summed E-state index contributed by atoms with van der Waals surface area (Å²) in [5.41, 5.74) is 9.86. The highest BCUT2D eigenvalue weighted by atomic mass is 16.5. The van der Waals surface area contributed by atoms with E-state index in [1.54, 1.807) is 6.07 Å². The van der Waals surface area contributed by atoms with Crippen LogP contribution in [-0.2, 0) is 13.0 Å². The largest absolute Gasteiger partial charge is 0.475 e. The molecule has 0 spiro atoms. The van der Waals surface area contributed by atoms with Gasteiger partial charge in [0.15, 0.2) is 0 Å². The molecule has 4 heterocycles. The Morgan fingerprint density at radius 2 is 1.92 bits per heavy atom. The Kier molecular flexibility index (Phi) is 6.98. The van der Waals surface area contributed by atoms with Crippen molar-refractivity contribution >= 4 is 28.2 Å². The van der Waals surface area contributed by atoms with Crippen LogP contribution in [0.4, 0.5) is 11.5 Å². The molecule has 0 bridgehead atoms. The number of primary amides is 1. The molecule has 0 radical (unpaired) electrons. The number of hydrogen-bond acceptors (Lipinski definition) is 8. The maximum atomic E-state index is 12.3. The van der Waals surface area contributed by atoms with Gasteiger partial charge in [0.2, 0.25) is 11.8 Å². The Balaban J connectivity index is 1.42. The third-order valence-corrected chi connectivity index (χ3v) is 8.44. The van der Waals surface area contributed by atoms with Crippen LogP contribution in [0.25, 0.3) is 10.8 Å². The average Bonchev–Trinajstić information content (AvgIpc) is 3.39. The second-order valence-corrected chi connectivity index (χ2v) is 10.7. The Morgan fingerprint density at radius 3 is 2.64 bits per heavy atom. The van der Waals surface area contributed by atoms with Gasteiger partial charge in [-0.25, -0.2) is 0 Å². The number of fused-ring (bicyclic) bond motifs is 2. The van der Waals surface area contributed by atoms with Crippen LogP contribution < -0.4 is 25.6 Å². The summed E-state index contributed by atoms with van der Waals surface area (Å²) in [7, 11) is 2.13. The molecule has 39 heavy (non-hydrogen) atoms. The molecular weight excluding hydrogens is 490 g/mol. The van der Waals surface area contributed by atoms with Crippen molar-refractivity contribution in [3.8, 4) is 11.9 Å². The molecule has 3 N–H and O–H groups in total. The van der Waals surface area contributed by atoms with Crippen molar-refractivity contribution in [3.63, 3.8) is 0 Å². The van der Waals surface area contributed by atoms with Crippen LogP contribution in [0, 0.1) is 11.3 Å². The van der Waals surface area contributed by atoms with Crippen molar-refractivity contribution in [1.29, 1.82) is 5.26 Å². The summed E-state index contributed by atoms with van der Waals surface area (Å²) >= 11 is 0. The van der Waals surface area contributed by atoms with Gasteiger partial charge in [-0.3, -0.25) is 4.79 Å². The minimum absolute atomic E-state index is 0.330. The molecule has 3 aromatic rings. The van der Waals surface area contributed by atoms with E-state index in [1.807, 2.05) is 30.3 Å². The van der Waals surface area contributed by atoms with E-state index < -0.39 is 5.91 Å². The van der Waals surface area contributed by atoms with Crippen LogP contribution >= 0.6 is 0 Å². The van der Waals surface area contributed by atoms with Gasteiger partial charge in [0.05, 0.1) is 0 Å². The van der Waals surface area contributed by atoms with Gasteiger partial charge in [0.25, 0.3) is 0 Å². The van der Waals surface area contributed by atoms with Gasteiger partial charge < -0.3 is 30.5 Å².